The molecule has 86 valence electrons. The minimum atomic E-state index is 1.12. The standard InChI is InChI=1S/C14H16.C2H6/c1-2-12-8-10-14(11-9-12)13-6-4-3-5-7-13;1-2/h4,6-11H,2-3,5H2,1H3;1-2H3. The number of rotatable bonds is 2. The summed E-state index contributed by atoms with van der Waals surface area (Å²) in [6.07, 6.45) is 10.3. The van der Waals surface area contributed by atoms with Crippen molar-refractivity contribution in [2.45, 2.75) is 40.0 Å². The first kappa shape index (κ1) is 12.8. The summed E-state index contributed by atoms with van der Waals surface area (Å²) >= 11 is 0. The van der Waals surface area contributed by atoms with Crippen molar-refractivity contribution in [1.29, 1.82) is 0 Å². The van der Waals surface area contributed by atoms with Crippen molar-refractivity contribution in [3.8, 4) is 0 Å². The van der Waals surface area contributed by atoms with Crippen LogP contribution in [0.4, 0.5) is 0 Å². The summed E-state index contributed by atoms with van der Waals surface area (Å²) < 4.78 is 0. The first-order valence-corrected chi connectivity index (χ1v) is 6.36. The van der Waals surface area contributed by atoms with E-state index in [9.17, 15) is 0 Å². The van der Waals surface area contributed by atoms with Gasteiger partial charge in [-0.1, -0.05) is 63.3 Å². The smallest absolute Gasteiger partial charge is 0.0187 e. The Bertz CT molecular complexity index is 352. The molecule has 0 atom stereocenters. The molecular weight excluding hydrogens is 192 g/mol. The van der Waals surface area contributed by atoms with Gasteiger partial charge in [-0.3, -0.25) is 0 Å². The Kier molecular flexibility index (Phi) is 5.63. The van der Waals surface area contributed by atoms with Crippen LogP contribution in [0.15, 0.2) is 42.5 Å². The molecule has 0 aliphatic heterocycles. The second kappa shape index (κ2) is 7.05. The molecule has 16 heavy (non-hydrogen) atoms. The topological polar surface area (TPSA) is 0 Å². The third-order valence-electron chi connectivity index (χ3n) is 2.69. The van der Waals surface area contributed by atoms with Crippen LogP contribution in [0.1, 0.15) is 44.7 Å². The van der Waals surface area contributed by atoms with E-state index < -0.39 is 0 Å². The van der Waals surface area contributed by atoms with E-state index in [4.69, 9.17) is 0 Å². The summed E-state index contributed by atoms with van der Waals surface area (Å²) in [7, 11) is 0. The molecule has 0 bridgehead atoms. The van der Waals surface area contributed by atoms with Crippen molar-refractivity contribution >= 4 is 5.57 Å². The van der Waals surface area contributed by atoms with Gasteiger partial charge in [0.25, 0.3) is 0 Å². The van der Waals surface area contributed by atoms with Crippen LogP contribution in [0.25, 0.3) is 5.57 Å². The second-order valence-electron chi connectivity index (χ2n) is 3.69. The van der Waals surface area contributed by atoms with E-state index >= 15 is 0 Å². The summed E-state index contributed by atoms with van der Waals surface area (Å²) in [5.74, 6) is 0. The molecule has 1 aliphatic rings. The molecule has 0 nitrogen and oxygen atoms in total. The first-order chi connectivity index (χ1) is 7.90. The average molecular weight is 214 g/mol. The monoisotopic (exact) mass is 214 g/mol. The van der Waals surface area contributed by atoms with Crippen LogP contribution in [-0.2, 0) is 6.42 Å². The van der Waals surface area contributed by atoms with Crippen molar-refractivity contribution in [3.05, 3.63) is 53.6 Å². The highest BCUT2D eigenvalue weighted by molar-refractivity contribution is 5.74. The molecule has 0 heteroatoms. The van der Waals surface area contributed by atoms with Gasteiger partial charge >= 0.3 is 0 Å². The van der Waals surface area contributed by atoms with Crippen LogP contribution in [-0.4, -0.2) is 0 Å². The van der Waals surface area contributed by atoms with Gasteiger partial charge < -0.3 is 0 Å². The highest BCUT2D eigenvalue weighted by Crippen LogP contribution is 2.21. The van der Waals surface area contributed by atoms with Gasteiger partial charge in [0.05, 0.1) is 0 Å². The third kappa shape index (κ3) is 3.37. The normalized spacial score (nSPS) is 13.8. The van der Waals surface area contributed by atoms with Crippen LogP contribution in [0.3, 0.4) is 0 Å². The minimum Gasteiger partial charge on any atom is -0.0836 e. The zero-order valence-electron chi connectivity index (χ0n) is 10.7. The summed E-state index contributed by atoms with van der Waals surface area (Å²) in [4.78, 5) is 0. The van der Waals surface area contributed by atoms with E-state index in [1.54, 1.807) is 0 Å². The molecule has 0 spiro atoms. The van der Waals surface area contributed by atoms with Crippen molar-refractivity contribution in [2.24, 2.45) is 0 Å². The highest BCUT2D eigenvalue weighted by Gasteiger charge is 2.00. The zero-order valence-corrected chi connectivity index (χ0v) is 10.7. The fraction of sp³-hybridized carbons (Fsp3) is 0.375. The molecule has 0 amide bonds. The largest absolute Gasteiger partial charge is 0.0836 e. The Morgan fingerprint density at radius 1 is 1.00 bits per heavy atom. The molecule has 0 unspecified atom stereocenters. The van der Waals surface area contributed by atoms with E-state index in [0.29, 0.717) is 0 Å². The predicted octanol–water partition coefficient (Wildman–Crippen LogP) is 5.01. The number of hydrogen-bond acceptors (Lipinski definition) is 0. The zero-order chi connectivity index (χ0) is 11.8. The lowest BCUT2D eigenvalue weighted by molar-refractivity contribution is 1.04. The number of benzene rings is 1. The maximum Gasteiger partial charge on any atom is -0.0187 e. The third-order valence-corrected chi connectivity index (χ3v) is 2.69. The molecule has 0 fully saturated rings. The van der Waals surface area contributed by atoms with Crippen molar-refractivity contribution in [1.82, 2.24) is 0 Å². The van der Waals surface area contributed by atoms with Crippen LogP contribution < -0.4 is 0 Å². The van der Waals surface area contributed by atoms with E-state index in [0.717, 1.165) is 6.42 Å². The van der Waals surface area contributed by atoms with Crippen molar-refractivity contribution in [2.75, 3.05) is 0 Å². The molecule has 2 rings (SSSR count). The predicted molar refractivity (Wildman–Crippen MR) is 73.5 cm³/mol. The summed E-state index contributed by atoms with van der Waals surface area (Å²) in [6, 6.07) is 8.89. The Balaban J connectivity index is 0.000000606. The van der Waals surface area contributed by atoms with Gasteiger partial charge in [0, 0.05) is 0 Å². The van der Waals surface area contributed by atoms with E-state index in [-0.39, 0.29) is 0 Å². The lowest BCUT2D eigenvalue weighted by atomic mass is 9.98. The lowest BCUT2D eigenvalue weighted by Gasteiger charge is -2.07. The van der Waals surface area contributed by atoms with Gasteiger partial charge in [-0.25, -0.2) is 0 Å². The molecular formula is C16H22. The van der Waals surface area contributed by atoms with Crippen LogP contribution in [0.5, 0.6) is 0 Å². The molecule has 0 N–H and O–H groups in total. The fourth-order valence-electron chi connectivity index (χ4n) is 1.76. The molecule has 0 radical (unpaired) electrons. The maximum absolute atomic E-state index is 2.32. The Labute approximate surface area is 99.7 Å². The number of allylic oxidation sites excluding steroid dienone is 4. The molecule has 1 aliphatic carbocycles. The molecule has 1 aromatic carbocycles. The highest BCUT2D eigenvalue weighted by atomic mass is 14.0. The molecule has 0 saturated heterocycles. The number of aryl methyl sites for hydroxylation is 1. The van der Waals surface area contributed by atoms with Crippen LogP contribution in [0, 0.1) is 0 Å². The summed E-state index contributed by atoms with van der Waals surface area (Å²) in [5.41, 5.74) is 4.13. The Morgan fingerprint density at radius 3 is 2.19 bits per heavy atom. The first-order valence-electron chi connectivity index (χ1n) is 6.36. The van der Waals surface area contributed by atoms with Crippen molar-refractivity contribution < 1.29 is 0 Å². The van der Waals surface area contributed by atoms with Gasteiger partial charge in [-0.2, -0.15) is 0 Å². The second-order valence-corrected chi connectivity index (χ2v) is 3.69. The van der Waals surface area contributed by atoms with Gasteiger partial charge in [0.1, 0.15) is 0 Å². The average Bonchev–Trinajstić information content (AvgIpc) is 2.42. The van der Waals surface area contributed by atoms with Crippen molar-refractivity contribution in [3.63, 3.8) is 0 Å². The van der Waals surface area contributed by atoms with Gasteiger partial charge in [0.15, 0.2) is 0 Å². The lowest BCUT2D eigenvalue weighted by Crippen LogP contribution is -1.86. The Hall–Kier alpha value is -1.30. The van der Waals surface area contributed by atoms with Gasteiger partial charge in [-0.05, 0) is 36.0 Å². The van der Waals surface area contributed by atoms with E-state index in [1.165, 1.54) is 29.5 Å². The van der Waals surface area contributed by atoms with E-state index in [1.807, 2.05) is 13.8 Å². The SMILES string of the molecule is CC.CCc1ccc(C2=CCCC=C2)cc1. The molecule has 0 aromatic heterocycles. The van der Waals surface area contributed by atoms with Gasteiger partial charge in [0.2, 0.25) is 0 Å². The van der Waals surface area contributed by atoms with E-state index in [2.05, 4.69) is 49.4 Å². The number of hydrogen-bond donors (Lipinski definition) is 0. The summed E-state index contributed by atoms with van der Waals surface area (Å²) in [5, 5.41) is 0. The maximum atomic E-state index is 2.32. The fourth-order valence-corrected chi connectivity index (χ4v) is 1.76. The minimum absolute atomic E-state index is 1.12. The Morgan fingerprint density at radius 2 is 1.69 bits per heavy atom. The van der Waals surface area contributed by atoms with Crippen LogP contribution >= 0.6 is 0 Å². The quantitative estimate of drug-likeness (QED) is 0.649. The molecule has 1 aromatic rings. The molecule has 0 saturated carbocycles. The molecule has 0 heterocycles. The van der Waals surface area contributed by atoms with Crippen LogP contribution in [0.2, 0.25) is 0 Å². The van der Waals surface area contributed by atoms with Gasteiger partial charge in [-0.15, -0.1) is 0 Å². The summed E-state index contributed by atoms with van der Waals surface area (Å²) in [6.45, 7) is 6.19.